The molecule has 0 spiro atoms. The summed E-state index contributed by atoms with van der Waals surface area (Å²) in [5, 5.41) is 12.6. The van der Waals surface area contributed by atoms with E-state index in [2.05, 4.69) is 25.2 Å². The summed E-state index contributed by atoms with van der Waals surface area (Å²) >= 11 is 0. The van der Waals surface area contributed by atoms with Gasteiger partial charge in [0.25, 0.3) is 5.91 Å². The number of aryl methyl sites for hydroxylation is 2. The van der Waals surface area contributed by atoms with E-state index < -0.39 is 0 Å². The predicted molar refractivity (Wildman–Crippen MR) is 97.2 cm³/mol. The Morgan fingerprint density at radius 2 is 1.92 bits per heavy atom. The van der Waals surface area contributed by atoms with E-state index in [9.17, 15) is 4.79 Å². The summed E-state index contributed by atoms with van der Waals surface area (Å²) in [7, 11) is 0. The summed E-state index contributed by atoms with van der Waals surface area (Å²) in [6.45, 7) is 6.78. The van der Waals surface area contributed by atoms with Crippen LogP contribution in [0.2, 0.25) is 0 Å². The van der Waals surface area contributed by atoms with Crippen LogP contribution in [-0.2, 0) is 0 Å². The monoisotopic (exact) mass is 351 g/mol. The molecule has 0 unspecified atom stereocenters. The number of nitrogens with zero attached hydrogens (tertiary/aromatic N) is 7. The van der Waals surface area contributed by atoms with Gasteiger partial charge < -0.3 is 9.80 Å². The van der Waals surface area contributed by atoms with E-state index >= 15 is 0 Å². The highest BCUT2D eigenvalue weighted by Crippen LogP contribution is 2.16. The second-order valence-electron chi connectivity index (χ2n) is 6.52. The van der Waals surface area contributed by atoms with Gasteiger partial charge in [-0.2, -0.15) is 10.2 Å². The fraction of sp³-hybridized carbons (Fsp3) is 0.389. The summed E-state index contributed by atoms with van der Waals surface area (Å²) in [5.41, 5.74) is 3.07. The van der Waals surface area contributed by atoms with Gasteiger partial charge in [-0.05, 0) is 32.4 Å². The van der Waals surface area contributed by atoms with Gasteiger partial charge in [-0.25, -0.2) is 9.50 Å². The van der Waals surface area contributed by atoms with E-state index in [1.807, 2.05) is 36.9 Å². The normalized spacial score (nSPS) is 15.3. The molecule has 1 aliphatic rings. The zero-order valence-electron chi connectivity index (χ0n) is 15.0. The van der Waals surface area contributed by atoms with E-state index in [-0.39, 0.29) is 5.91 Å². The van der Waals surface area contributed by atoms with Crippen molar-refractivity contribution in [3.8, 4) is 0 Å². The molecule has 1 aliphatic heterocycles. The lowest BCUT2D eigenvalue weighted by atomic mass is 10.2. The first-order valence-electron chi connectivity index (χ1n) is 8.77. The van der Waals surface area contributed by atoms with Crippen molar-refractivity contribution < 1.29 is 4.79 Å². The maximum Gasteiger partial charge on any atom is 0.257 e. The number of amides is 1. The highest BCUT2D eigenvalue weighted by molar-refractivity contribution is 5.95. The predicted octanol–water partition coefficient (Wildman–Crippen LogP) is 1.49. The Morgan fingerprint density at radius 1 is 1.04 bits per heavy atom. The van der Waals surface area contributed by atoms with Crippen LogP contribution in [0.3, 0.4) is 0 Å². The third-order valence-corrected chi connectivity index (χ3v) is 4.78. The molecule has 26 heavy (non-hydrogen) atoms. The van der Waals surface area contributed by atoms with Crippen LogP contribution in [-0.4, -0.2) is 61.8 Å². The SMILES string of the molecule is Cc1ccc(N2CCCN(C(=O)c3cnc4ccnn4c3C)CC2)nn1. The van der Waals surface area contributed by atoms with E-state index in [0.29, 0.717) is 18.7 Å². The van der Waals surface area contributed by atoms with Crippen molar-refractivity contribution in [3.05, 3.63) is 47.5 Å². The van der Waals surface area contributed by atoms with Gasteiger partial charge in [-0.1, -0.05) is 0 Å². The van der Waals surface area contributed by atoms with Crippen LogP contribution in [0.4, 0.5) is 5.82 Å². The Kier molecular flexibility index (Phi) is 4.24. The van der Waals surface area contributed by atoms with Gasteiger partial charge in [0.05, 0.1) is 23.1 Å². The third kappa shape index (κ3) is 2.98. The molecule has 4 heterocycles. The molecular formula is C18H21N7O. The average Bonchev–Trinajstić information content (AvgIpc) is 3.00. The van der Waals surface area contributed by atoms with Crippen molar-refractivity contribution in [1.82, 2.24) is 29.7 Å². The van der Waals surface area contributed by atoms with E-state index in [1.54, 1.807) is 16.9 Å². The fourth-order valence-corrected chi connectivity index (χ4v) is 3.28. The number of carbonyl (C=O) groups excluding carboxylic acids is 1. The molecular weight excluding hydrogens is 330 g/mol. The van der Waals surface area contributed by atoms with Crippen LogP contribution in [0.25, 0.3) is 5.65 Å². The molecule has 0 radical (unpaired) electrons. The Balaban J connectivity index is 1.52. The topological polar surface area (TPSA) is 79.5 Å². The van der Waals surface area contributed by atoms with Crippen molar-refractivity contribution in [1.29, 1.82) is 0 Å². The smallest absolute Gasteiger partial charge is 0.257 e. The lowest BCUT2D eigenvalue weighted by Crippen LogP contribution is -2.36. The van der Waals surface area contributed by atoms with Crippen LogP contribution in [0.5, 0.6) is 0 Å². The summed E-state index contributed by atoms with van der Waals surface area (Å²) < 4.78 is 1.71. The van der Waals surface area contributed by atoms with E-state index in [4.69, 9.17) is 0 Å². The van der Waals surface area contributed by atoms with Gasteiger partial charge in [0.2, 0.25) is 0 Å². The van der Waals surface area contributed by atoms with Crippen molar-refractivity contribution in [2.24, 2.45) is 0 Å². The minimum Gasteiger partial charge on any atom is -0.353 e. The van der Waals surface area contributed by atoms with Crippen LogP contribution in [0.15, 0.2) is 30.6 Å². The fourth-order valence-electron chi connectivity index (χ4n) is 3.28. The molecule has 0 aromatic carbocycles. The molecule has 1 amide bonds. The number of aromatic nitrogens is 5. The standard InChI is InChI=1S/C18H21N7O/c1-13-4-5-17(22-21-13)23-8-3-9-24(11-10-23)18(26)15-12-19-16-6-7-20-25(16)14(15)2/h4-7,12H,3,8-11H2,1-2H3. The van der Waals surface area contributed by atoms with E-state index in [1.165, 1.54) is 0 Å². The number of anilines is 1. The van der Waals surface area contributed by atoms with Gasteiger partial charge >= 0.3 is 0 Å². The minimum absolute atomic E-state index is 0.00393. The third-order valence-electron chi connectivity index (χ3n) is 4.78. The second kappa shape index (κ2) is 6.70. The molecule has 134 valence electrons. The van der Waals surface area contributed by atoms with E-state index in [0.717, 1.165) is 42.4 Å². The van der Waals surface area contributed by atoms with Crippen LogP contribution in [0.1, 0.15) is 28.2 Å². The molecule has 1 saturated heterocycles. The molecule has 0 atom stereocenters. The molecule has 4 rings (SSSR count). The van der Waals surface area contributed by atoms with Gasteiger partial charge in [-0.3, -0.25) is 4.79 Å². The van der Waals surface area contributed by atoms with Gasteiger partial charge in [0.15, 0.2) is 11.5 Å². The first kappa shape index (κ1) is 16.4. The van der Waals surface area contributed by atoms with Crippen molar-refractivity contribution >= 4 is 17.4 Å². The number of rotatable bonds is 2. The molecule has 8 nitrogen and oxygen atoms in total. The average molecular weight is 351 g/mol. The van der Waals surface area contributed by atoms with Gasteiger partial charge in [0, 0.05) is 38.4 Å². The number of hydrogen-bond donors (Lipinski definition) is 0. The van der Waals surface area contributed by atoms with Gasteiger partial charge in [-0.15, -0.1) is 5.10 Å². The highest BCUT2D eigenvalue weighted by atomic mass is 16.2. The first-order valence-corrected chi connectivity index (χ1v) is 8.77. The Labute approximate surface area is 151 Å². The van der Waals surface area contributed by atoms with Crippen LogP contribution in [0, 0.1) is 13.8 Å². The quantitative estimate of drug-likeness (QED) is 0.696. The molecule has 0 N–H and O–H groups in total. The highest BCUT2D eigenvalue weighted by Gasteiger charge is 2.23. The second-order valence-corrected chi connectivity index (χ2v) is 6.52. The zero-order chi connectivity index (χ0) is 18.1. The van der Waals surface area contributed by atoms with Crippen LogP contribution < -0.4 is 4.90 Å². The van der Waals surface area contributed by atoms with Gasteiger partial charge in [0.1, 0.15) is 0 Å². The molecule has 0 saturated carbocycles. The molecule has 0 aliphatic carbocycles. The number of hydrogen-bond acceptors (Lipinski definition) is 6. The van der Waals surface area contributed by atoms with Crippen LogP contribution >= 0.6 is 0 Å². The molecule has 8 heteroatoms. The Morgan fingerprint density at radius 3 is 2.73 bits per heavy atom. The zero-order valence-corrected chi connectivity index (χ0v) is 15.0. The Bertz CT molecular complexity index is 934. The lowest BCUT2D eigenvalue weighted by molar-refractivity contribution is 0.0765. The Hall–Kier alpha value is -3.03. The maximum absolute atomic E-state index is 13.0. The summed E-state index contributed by atoms with van der Waals surface area (Å²) in [6, 6.07) is 5.78. The molecule has 3 aromatic heterocycles. The lowest BCUT2D eigenvalue weighted by Gasteiger charge is -2.23. The summed E-state index contributed by atoms with van der Waals surface area (Å²) in [5.74, 6) is 0.866. The first-order chi connectivity index (χ1) is 12.6. The minimum atomic E-state index is 0.00393. The molecule has 0 bridgehead atoms. The molecule has 1 fully saturated rings. The largest absolute Gasteiger partial charge is 0.353 e. The summed E-state index contributed by atoms with van der Waals surface area (Å²) in [4.78, 5) is 21.4. The van der Waals surface area contributed by atoms with Crippen molar-refractivity contribution in [3.63, 3.8) is 0 Å². The summed E-state index contributed by atoms with van der Waals surface area (Å²) in [6.07, 6.45) is 4.23. The van der Waals surface area contributed by atoms with Crippen molar-refractivity contribution in [2.45, 2.75) is 20.3 Å². The van der Waals surface area contributed by atoms with Crippen molar-refractivity contribution in [2.75, 3.05) is 31.1 Å². The molecule has 3 aromatic rings. The maximum atomic E-state index is 13.0. The number of carbonyl (C=O) groups is 1. The number of fused-ring (bicyclic) bond motifs is 1.